The number of nitrogens with two attached hydrogens (primary N) is 2. The molecule has 4 aliphatic carbocycles. The molecule has 4 aliphatic rings. The van der Waals surface area contributed by atoms with E-state index in [0.29, 0.717) is 96.6 Å². The van der Waals surface area contributed by atoms with Gasteiger partial charge in [-0.3, -0.25) is 9.13 Å². The van der Waals surface area contributed by atoms with Crippen LogP contribution in [0, 0.1) is 45.9 Å². The highest BCUT2D eigenvalue weighted by Gasteiger charge is 2.55. The van der Waals surface area contributed by atoms with Crippen LogP contribution in [0.25, 0.3) is 45.1 Å². The van der Waals surface area contributed by atoms with Crippen molar-refractivity contribution in [3.05, 3.63) is 57.9 Å². The van der Waals surface area contributed by atoms with Gasteiger partial charge in [0.1, 0.15) is 49.3 Å². The Bertz CT molecular complexity index is 3110. The van der Waals surface area contributed by atoms with Gasteiger partial charge < -0.3 is 30.4 Å². The lowest BCUT2D eigenvalue weighted by atomic mass is 9.87. The number of nitrogen functional groups attached to an aromatic ring is 2. The van der Waals surface area contributed by atoms with Crippen molar-refractivity contribution in [3.8, 4) is 23.0 Å². The SMILES string of the molecule is C[C@@]12Cc3c(c(-c4nc5c(F)c(F)c(N)cc5n4COCC[Si](C)(C)C)nn3COCC[Si](C)(C)C)C[C@@H]1C2.C[C@@]12Cc3c(c(-c4nc5cc(N)c(F)c(F)c5n4COCC[Si](C)(C)C)nn3COCC[Si](C)(C)C)C[C@@H]1C2. The van der Waals surface area contributed by atoms with Gasteiger partial charge in [0.25, 0.3) is 0 Å². The van der Waals surface area contributed by atoms with Gasteiger partial charge in [-0.05, 0) is 97.5 Å². The zero-order chi connectivity index (χ0) is 56.7. The topological polar surface area (TPSA) is 160 Å². The van der Waals surface area contributed by atoms with Gasteiger partial charge in [0.2, 0.25) is 0 Å². The minimum Gasteiger partial charge on any atom is -0.396 e. The highest BCUT2D eigenvalue weighted by atomic mass is 28.3. The van der Waals surface area contributed by atoms with Gasteiger partial charge >= 0.3 is 0 Å². The molecule has 0 radical (unpaired) electrons. The molecule has 0 bridgehead atoms. The van der Waals surface area contributed by atoms with Gasteiger partial charge in [0.05, 0.1) is 22.4 Å². The summed E-state index contributed by atoms with van der Waals surface area (Å²) in [5, 5.41) is 10.0. The number of halogens is 4. The third-order valence-electron chi connectivity index (χ3n) is 16.6. The number of imidazole rings is 2. The Kier molecular flexibility index (Phi) is 16.2. The first-order chi connectivity index (χ1) is 36.3. The van der Waals surface area contributed by atoms with Crippen LogP contribution in [0.2, 0.25) is 103 Å². The molecule has 0 aliphatic heterocycles. The van der Waals surface area contributed by atoms with Crippen molar-refractivity contribution in [2.45, 2.75) is 182 Å². The van der Waals surface area contributed by atoms with E-state index < -0.39 is 55.6 Å². The average molecular weight is 1150 g/mol. The lowest BCUT2D eigenvalue weighted by Crippen LogP contribution is -2.23. The second-order valence-electron chi connectivity index (χ2n) is 28.5. The predicted molar refractivity (Wildman–Crippen MR) is 314 cm³/mol. The number of fused-ring (bicyclic) bond motifs is 6. The van der Waals surface area contributed by atoms with Gasteiger partial charge in [0, 0.05) is 81.2 Å². The smallest absolute Gasteiger partial charge is 0.188 e. The molecule has 2 saturated carbocycles. The summed E-state index contributed by atoms with van der Waals surface area (Å²) >= 11 is 0. The van der Waals surface area contributed by atoms with Gasteiger partial charge in [-0.15, -0.1) is 0 Å². The van der Waals surface area contributed by atoms with Crippen molar-refractivity contribution in [1.82, 2.24) is 38.7 Å². The van der Waals surface area contributed by atoms with Crippen LogP contribution in [0.4, 0.5) is 28.9 Å². The number of hydrogen-bond donors (Lipinski definition) is 2. The van der Waals surface area contributed by atoms with E-state index in [1.54, 1.807) is 9.13 Å². The molecule has 2 aromatic carbocycles. The number of benzene rings is 2. The molecular weight excluding hydrogens is 1070 g/mol. The van der Waals surface area contributed by atoms with Crippen molar-refractivity contribution in [2.75, 3.05) is 37.9 Å². The van der Waals surface area contributed by atoms with Crippen LogP contribution in [0.15, 0.2) is 12.1 Å². The van der Waals surface area contributed by atoms with E-state index in [2.05, 4.69) is 97.4 Å². The second-order valence-corrected chi connectivity index (χ2v) is 50.9. The third kappa shape index (κ3) is 12.8. The minimum atomic E-state index is -1.32. The Morgan fingerprint density at radius 1 is 0.538 bits per heavy atom. The molecule has 0 spiro atoms. The van der Waals surface area contributed by atoms with Crippen molar-refractivity contribution < 1.29 is 36.5 Å². The van der Waals surface area contributed by atoms with Gasteiger partial charge in [0.15, 0.2) is 34.9 Å². The molecule has 0 saturated heterocycles. The third-order valence-corrected chi connectivity index (χ3v) is 23.4. The van der Waals surface area contributed by atoms with E-state index in [1.165, 1.54) is 36.4 Å². The van der Waals surface area contributed by atoms with Crippen molar-refractivity contribution in [3.63, 3.8) is 0 Å². The monoisotopic (exact) mass is 1150 g/mol. The minimum absolute atomic E-state index is 0.0488. The maximum atomic E-state index is 15.3. The molecule has 10 rings (SSSR count). The Morgan fingerprint density at radius 2 is 0.936 bits per heavy atom. The van der Waals surface area contributed by atoms with Crippen LogP contribution in [-0.2, 0) is 71.6 Å². The maximum Gasteiger partial charge on any atom is 0.188 e. The standard InChI is InChI=1S/2C28H43F2N5O2Si2/c1-28-14-18(28)12-19-22(15-28)35(17-37-9-11-39(5,6)7)33-25(19)27-32-26-21(13-20(31)23(29)24(26)30)34(27)16-36-8-10-38(2,3)4;1-28-14-18(28)12-19-22(15-28)35(17-37-9-11-39(5,6)7)33-25(19)27-32-21-13-20(31)23(29)24(30)26(21)34(27)16-36-8-10-38(2,3)4/h2*13,18H,8-12,14-17,31H2,1-7H3/t2*18-,28-/m11/s1. The highest BCUT2D eigenvalue weighted by molar-refractivity contribution is 6.77. The summed E-state index contributed by atoms with van der Waals surface area (Å²) in [5.41, 5.74) is 18.5. The van der Waals surface area contributed by atoms with E-state index in [0.717, 1.165) is 61.0 Å². The molecule has 0 amide bonds. The van der Waals surface area contributed by atoms with Crippen LogP contribution in [0.5, 0.6) is 0 Å². The summed E-state index contributed by atoms with van der Waals surface area (Å²) in [6, 6.07) is 6.99. The Hall–Kier alpha value is -4.17. The summed E-state index contributed by atoms with van der Waals surface area (Å²) in [6.07, 6.45) is 6.03. The lowest BCUT2D eigenvalue weighted by molar-refractivity contribution is 0.0755. The molecule has 4 N–H and O–H groups in total. The predicted octanol–water partition coefficient (Wildman–Crippen LogP) is 13.0. The summed E-state index contributed by atoms with van der Waals surface area (Å²) in [5.74, 6) is -1.99. The highest BCUT2D eigenvalue weighted by Crippen LogP contribution is 2.61. The maximum absolute atomic E-state index is 15.3. The Morgan fingerprint density at radius 3 is 1.38 bits per heavy atom. The molecule has 4 heterocycles. The first-order valence-corrected chi connectivity index (χ1v) is 42.9. The fourth-order valence-corrected chi connectivity index (χ4v) is 14.0. The van der Waals surface area contributed by atoms with Gasteiger partial charge in [-0.2, -0.15) is 10.2 Å². The van der Waals surface area contributed by atoms with Crippen molar-refractivity contribution >= 4 is 65.7 Å². The summed E-state index contributed by atoms with van der Waals surface area (Å²) < 4.78 is 91.2. The number of rotatable bonds is 22. The molecule has 2 fully saturated rings. The Labute approximate surface area is 462 Å². The normalized spacial score (nSPS) is 20.9. The van der Waals surface area contributed by atoms with Gasteiger partial charge in [-0.25, -0.2) is 36.9 Å². The summed E-state index contributed by atoms with van der Waals surface area (Å²) in [6.45, 7) is 35.9. The molecular formula is C56H86F4N10O4Si4. The molecule has 4 atom stereocenters. The number of hydrogen-bond acceptors (Lipinski definition) is 10. The first-order valence-electron chi connectivity index (χ1n) is 28.1. The molecule has 428 valence electrons. The van der Waals surface area contributed by atoms with Gasteiger partial charge in [-0.1, -0.05) is 92.4 Å². The zero-order valence-corrected chi connectivity index (χ0v) is 52.9. The summed E-state index contributed by atoms with van der Waals surface area (Å²) in [4.78, 5) is 9.40. The van der Waals surface area contributed by atoms with E-state index in [1.807, 2.05) is 9.36 Å². The number of aromatic nitrogens is 8. The van der Waals surface area contributed by atoms with Crippen LogP contribution in [-0.4, -0.2) is 97.4 Å². The largest absolute Gasteiger partial charge is 0.396 e. The van der Waals surface area contributed by atoms with Crippen molar-refractivity contribution in [2.24, 2.45) is 22.7 Å². The molecule has 6 aromatic rings. The lowest BCUT2D eigenvalue weighted by Gasteiger charge is -2.20. The van der Waals surface area contributed by atoms with Crippen LogP contribution < -0.4 is 11.5 Å². The van der Waals surface area contributed by atoms with Crippen molar-refractivity contribution in [1.29, 1.82) is 0 Å². The number of nitrogens with zero attached hydrogens (tertiary/aromatic N) is 8. The van der Waals surface area contributed by atoms with E-state index in [9.17, 15) is 8.78 Å². The summed E-state index contributed by atoms with van der Waals surface area (Å²) in [7, 11) is -5.04. The van der Waals surface area contributed by atoms with E-state index in [-0.39, 0.29) is 35.9 Å². The fraction of sp³-hybridized carbons (Fsp3) is 0.643. The Balaban J connectivity index is 0.000000190. The van der Waals surface area contributed by atoms with Crippen LogP contribution >= 0.6 is 0 Å². The quantitative estimate of drug-likeness (QED) is 0.0290. The average Bonchev–Trinajstić information content (AvgIpc) is 3.49. The molecule has 22 heteroatoms. The second kappa shape index (κ2) is 21.6. The van der Waals surface area contributed by atoms with Crippen LogP contribution in [0.1, 0.15) is 49.2 Å². The molecule has 4 aromatic heterocycles. The fourth-order valence-electron chi connectivity index (χ4n) is 11.0. The molecule has 0 unspecified atom stereocenters. The van der Waals surface area contributed by atoms with E-state index >= 15 is 8.78 Å². The molecule has 14 nitrogen and oxygen atoms in total. The number of anilines is 2. The number of ether oxygens (including phenoxy) is 4. The van der Waals surface area contributed by atoms with E-state index in [4.69, 9.17) is 45.6 Å². The zero-order valence-electron chi connectivity index (χ0n) is 48.9. The molecule has 78 heavy (non-hydrogen) atoms. The first kappa shape index (κ1) is 58.5. The van der Waals surface area contributed by atoms with Crippen LogP contribution in [0.3, 0.4) is 0 Å².